The fourth-order valence-corrected chi connectivity index (χ4v) is 4.34. The number of nitrogens with zero attached hydrogens (tertiary/aromatic N) is 2. The summed E-state index contributed by atoms with van der Waals surface area (Å²) < 4.78 is 5.44. The van der Waals surface area contributed by atoms with Gasteiger partial charge in [-0.15, -0.1) is 0 Å². The Hall–Kier alpha value is -2.94. The number of benzene rings is 2. The largest absolute Gasteiger partial charge is 0.496 e. The van der Waals surface area contributed by atoms with E-state index in [-0.39, 0.29) is 17.2 Å². The van der Waals surface area contributed by atoms with Gasteiger partial charge in [0.25, 0.3) is 11.6 Å². The number of hydrogen-bond acceptors (Lipinski definition) is 5. The molecule has 164 valence electrons. The van der Waals surface area contributed by atoms with Crippen LogP contribution in [0.5, 0.6) is 5.75 Å². The maximum atomic E-state index is 13.4. The number of nitro groups is 1. The number of non-ortho nitro benzene ring substituents is 1. The van der Waals surface area contributed by atoms with Crippen LogP contribution in [0, 0.1) is 10.1 Å². The quantitative estimate of drug-likeness (QED) is 0.361. The number of likely N-dealkylation sites (tertiary alicyclic amines) is 1. The van der Waals surface area contributed by atoms with E-state index in [1.807, 2.05) is 18.2 Å². The Bertz CT molecular complexity index is 944. The Morgan fingerprint density at radius 1 is 1.10 bits per heavy atom. The van der Waals surface area contributed by atoms with Crippen LogP contribution in [0.25, 0.3) is 0 Å². The molecular weight excluding hydrogens is 466 g/mol. The van der Waals surface area contributed by atoms with Crippen LogP contribution in [0.15, 0.2) is 48.5 Å². The third-order valence-electron chi connectivity index (χ3n) is 5.29. The maximum absolute atomic E-state index is 13.4. The number of nitro benzene ring substituents is 1. The molecule has 1 aliphatic heterocycles. The van der Waals surface area contributed by atoms with Gasteiger partial charge in [-0.2, -0.15) is 0 Å². The summed E-state index contributed by atoms with van der Waals surface area (Å²) >= 11 is 3.61. The number of methoxy groups -OCH3 is 1. The summed E-state index contributed by atoms with van der Waals surface area (Å²) in [5.41, 5.74) is 0.871. The van der Waals surface area contributed by atoms with Crippen LogP contribution in [-0.2, 0) is 4.79 Å². The number of halogens is 1. The molecule has 0 saturated carbocycles. The van der Waals surface area contributed by atoms with Crippen molar-refractivity contribution in [2.24, 2.45) is 0 Å². The Morgan fingerprint density at radius 2 is 1.74 bits per heavy atom. The number of ether oxygens (including phenoxy) is 1. The number of rotatable bonds is 7. The van der Waals surface area contributed by atoms with Crippen molar-refractivity contribution < 1.29 is 19.2 Å². The fourth-order valence-electron chi connectivity index (χ4n) is 3.60. The zero-order valence-corrected chi connectivity index (χ0v) is 18.7. The molecule has 3 rings (SSSR count). The van der Waals surface area contributed by atoms with E-state index < -0.39 is 21.7 Å². The van der Waals surface area contributed by atoms with E-state index in [0.29, 0.717) is 18.8 Å². The van der Waals surface area contributed by atoms with Gasteiger partial charge in [0.2, 0.25) is 5.91 Å². The van der Waals surface area contributed by atoms with Crippen molar-refractivity contribution in [3.05, 3.63) is 69.8 Å². The summed E-state index contributed by atoms with van der Waals surface area (Å²) in [7, 11) is 1.55. The molecule has 1 saturated heterocycles. The van der Waals surface area contributed by atoms with Crippen LogP contribution in [-0.4, -0.2) is 47.9 Å². The van der Waals surface area contributed by atoms with E-state index in [4.69, 9.17) is 4.74 Å². The maximum Gasteiger partial charge on any atom is 0.269 e. The summed E-state index contributed by atoms with van der Waals surface area (Å²) in [4.78, 5) is 37.9. The lowest BCUT2D eigenvalue weighted by Gasteiger charge is -2.33. The monoisotopic (exact) mass is 489 g/mol. The van der Waals surface area contributed by atoms with E-state index in [0.717, 1.165) is 24.8 Å². The summed E-state index contributed by atoms with van der Waals surface area (Å²) in [5.74, 6) is -0.0576. The lowest BCUT2D eigenvalue weighted by molar-refractivity contribution is -0.384. The van der Waals surface area contributed by atoms with Crippen molar-refractivity contribution in [2.45, 2.75) is 30.1 Å². The molecule has 2 aromatic rings. The molecule has 1 fully saturated rings. The zero-order chi connectivity index (χ0) is 22.4. The first kappa shape index (κ1) is 22.7. The zero-order valence-electron chi connectivity index (χ0n) is 17.1. The van der Waals surface area contributed by atoms with Crippen molar-refractivity contribution in [2.75, 3.05) is 20.2 Å². The summed E-state index contributed by atoms with van der Waals surface area (Å²) in [6.45, 7) is 1.29. The van der Waals surface area contributed by atoms with E-state index in [1.165, 1.54) is 24.3 Å². The Balaban J connectivity index is 1.88. The molecule has 1 N–H and O–H groups in total. The molecule has 8 nitrogen and oxygen atoms in total. The number of amides is 2. The Labute approximate surface area is 188 Å². The standard InChI is InChI=1S/C22H24BrN3O5/c1-31-18-8-4-3-7-17(18)19(23)20(22(28)25-13-5-2-6-14-25)24-21(27)15-9-11-16(12-10-15)26(29)30/h3-4,7-12,19-20H,2,5-6,13-14H2,1H3,(H,24,27)/t19-,20+/m1/s1. The molecule has 0 unspecified atom stereocenters. The molecule has 0 aliphatic carbocycles. The lowest BCUT2D eigenvalue weighted by Crippen LogP contribution is -2.51. The minimum absolute atomic E-state index is 0.107. The van der Waals surface area contributed by atoms with Gasteiger partial charge in [0.15, 0.2) is 0 Å². The molecule has 0 bridgehead atoms. The predicted molar refractivity (Wildman–Crippen MR) is 119 cm³/mol. The van der Waals surface area contributed by atoms with Crippen molar-refractivity contribution in [3.8, 4) is 5.75 Å². The second-order valence-corrected chi connectivity index (χ2v) is 8.27. The number of nitrogens with one attached hydrogen (secondary N) is 1. The molecule has 2 aromatic carbocycles. The van der Waals surface area contributed by atoms with Gasteiger partial charge in [-0.3, -0.25) is 19.7 Å². The molecule has 31 heavy (non-hydrogen) atoms. The predicted octanol–water partition coefficient (Wildman–Crippen LogP) is 3.85. The fraction of sp³-hybridized carbons (Fsp3) is 0.364. The lowest BCUT2D eigenvalue weighted by atomic mass is 10.0. The van der Waals surface area contributed by atoms with Gasteiger partial charge in [-0.1, -0.05) is 34.1 Å². The normalized spacial score (nSPS) is 15.6. The first-order chi connectivity index (χ1) is 14.9. The van der Waals surface area contributed by atoms with Gasteiger partial charge in [0, 0.05) is 36.3 Å². The average Bonchev–Trinajstić information content (AvgIpc) is 2.82. The molecule has 0 radical (unpaired) electrons. The molecule has 1 heterocycles. The average molecular weight is 490 g/mol. The van der Waals surface area contributed by atoms with E-state index >= 15 is 0 Å². The highest BCUT2D eigenvalue weighted by Gasteiger charge is 2.34. The molecule has 2 atom stereocenters. The molecule has 1 aliphatic rings. The van der Waals surface area contributed by atoms with E-state index in [9.17, 15) is 19.7 Å². The van der Waals surface area contributed by atoms with Gasteiger partial charge in [-0.25, -0.2) is 0 Å². The van der Waals surface area contributed by atoms with Crippen LogP contribution in [0.2, 0.25) is 0 Å². The highest BCUT2D eigenvalue weighted by Crippen LogP contribution is 2.34. The van der Waals surface area contributed by atoms with Crippen LogP contribution in [0.4, 0.5) is 5.69 Å². The molecule has 9 heteroatoms. The summed E-state index contributed by atoms with van der Waals surface area (Å²) in [6.07, 6.45) is 2.93. The van der Waals surface area contributed by atoms with Crippen LogP contribution in [0.3, 0.4) is 0 Å². The Kier molecular flexibility index (Phi) is 7.62. The van der Waals surface area contributed by atoms with Crippen LogP contribution < -0.4 is 10.1 Å². The molecule has 2 amide bonds. The highest BCUT2D eigenvalue weighted by atomic mass is 79.9. The SMILES string of the molecule is COc1ccccc1[C@@H](Br)[C@H](NC(=O)c1ccc([N+](=O)[O-])cc1)C(=O)N1CCCCC1. The van der Waals surface area contributed by atoms with Crippen LogP contribution >= 0.6 is 15.9 Å². The van der Waals surface area contributed by atoms with E-state index in [1.54, 1.807) is 18.1 Å². The molecule has 0 spiro atoms. The van der Waals surface area contributed by atoms with E-state index in [2.05, 4.69) is 21.2 Å². The third kappa shape index (κ3) is 5.41. The summed E-state index contributed by atoms with van der Waals surface area (Å²) in [5, 5.41) is 13.7. The molecule has 0 aromatic heterocycles. The number of alkyl halides is 1. The minimum atomic E-state index is -0.878. The number of carbonyl (C=O) groups excluding carboxylic acids is 2. The van der Waals surface area contributed by atoms with Crippen molar-refractivity contribution in [1.82, 2.24) is 10.2 Å². The third-order valence-corrected chi connectivity index (χ3v) is 6.31. The smallest absolute Gasteiger partial charge is 0.269 e. The van der Waals surface area contributed by atoms with Gasteiger partial charge >= 0.3 is 0 Å². The summed E-state index contributed by atoms with van der Waals surface area (Å²) in [6, 6.07) is 11.7. The van der Waals surface area contributed by atoms with Crippen molar-refractivity contribution in [3.63, 3.8) is 0 Å². The molecular formula is C22H24BrN3O5. The minimum Gasteiger partial charge on any atom is -0.496 e. The number of hydrogen-bond donors (Lipinski definition) is 1. The first-order valence-corrected chi connectivity index (χ1v) is 10.9. The topological polar surface area (TPSA) is 102 Å². The Morgan fingerprint density at radius 3 is 2.35 bits per heavy atom. The first-order valence-electron chi connectivity index (χ1n) is 10.0. The second kappa shape index (κ2) is 10.4. The van der Waals surface area contributed by atoms with Crippen molar-refractivity contribution >= 4 is 33.4 Å². The number of carbonyl (C=O) groups is 2. The van der Waals surface area contributed by atoms with Gasteiger partial charge in [0.05, 0.1) is 16.9 Å². The van der Waals surface area contributed by atoms with Gasteiger partial charge in [0.1, 0.15) is 11.8 Å². The number of para-hydroxylation sites is 1. The highest BCUT2D eigenvalue weighted by molar-refractivity contribution is 9.09. The van der Waals surface area contributed by atoms with Crippen molar-refractivity contribution in [1.29, 1.82) is 0 Å². The van der Waals surface area contributed by atoms with Gasteiger partial charge < -0.3 is 15.0 Å². The van der Waals surface area contributed by atoms with Gasteiger partial charge in [-0.05, 0) is 37.5 Å². The van der Waals surface area contributed by atoms with Crippen LogP contribution in [0.1, 0.15) is 40.0 Å². The number of piperidine rings is 1. The second-order valence-electron chi connectivity index (χ2n) is 7.28.